The number of hydrogen-bond donors (Lipinski definition) is 0. The molecule has 0 saturated carbocycles. The van der Waals surface area contributed by atoms with Crippen molar-refractivity contribution in [3.8, 4) is 0 Å². The molecule has 0 spiro atoms. The zero-order valence-electron chi connectivity index (χ0n) is 3.86. The predicted octanol–water partition coefficient (Wildman–Crippen LogP) is 1.16. The molecular formula is C3H10BP. The summed E-state index contributed by atoms with van der Waals surface area (Å²) in [5, 5.41) is 0. The van der Waals surface area contributed by atoms with Crippen LogP contribution in [0, 0.1) is 0 Å². The van der Waals surface area contributed by atoms with Gasteiger partial charge in [-0.1, -0.05) is 19.7 Å². The molecule has 5 heavy (non-hydrogen) atoms. The lowest BCUT2D eigenvalue weighted by Gasteiger charge is -1.84. The van der Waals surface area contributed by atoms with Crippen molar-refractivity contribution in [3.63, 3.8) is 0 Å². The minimum absolute atomic E-state index is 0.847. The van der Waals surface area contributed by atoms with Gasteiger partial charge in [0.2, 0.25) is 0 Å². The van der Waals surface area contributed by atoms with E-state index in [1.165, 1.54) is 6.06 Å². The highest BCUT2D eigenvalue weighted by atomic mass is 31.0. The van der Waals surface area contributed by atoms with Crippen LogP contribution in [0.3, 0.4) is 0 Å². The smallest absolute Gasteiger partial charge is 0.137 e. The monoisotopic (exact) mass is 88.1 g/mol. The van der Waals surface area contributed by atoms with E-state index in [-0.39, 0.29) is 0 Å². The third-order valence-electron chi connectivity index (χ3n) is 0.471. The minimum atomic E-state index is 0.847. The van der Waals surface area contributed by atoms with Crippen molar-refractivity contribution in [1.29, 1.82) is 0 Å². The molecule has 0 N–H and O–H groups in total. The van der Waals surface area contributed by atoms with Gasteiger partial charge in [0.1, 0.15) is 6.71 Å². The quantitative estimate of drug-likeness (QED) is 0.333. The van der Waals surface area contributed by atoms with Gasteiger partial charge in [-0.2, -0.15) is 0 Å². The first-order chi connectivity index (χ1) is 2.27. The Morgan fingerprint density at radius 2 is 1.80 bits per heavy atom. The Bertz CT molecular complexity index is 20.9. The van der Waals surface area contributed by atoms with Crippen molar-refractivity contribution >= 4 is 16.0 Å². The molecule has 0 aromatic rings. The molecule has 0 aliphatic rings. The zero-order chi connectivity index (χ0) is 4.28. The number of rotatable bonds is 1. The van der Waals surface area contributed by atoms with Crippen LogP contribution >= 0.6 is 9.24 Å². The van der Waals surface area contributed by atoms with E-state index in [4.69, 9.17) is 0 Å². The Balaban J connectivity index is 2.54. The van der Waals surface area contributed by atoms with Crippen LogP contribution in [-0.4, -0.2) is 12.8 Å². The van der Waals surface area contributed by atoms with Gasteiger partial charge in [-0.05, 0) is 0 Å². The van der Waals surface area contributed by atoms with Crippen LogP contribution in [0.1, 0.15) is 0 Å². The lowest BCUT2D eigenvalue weighted by Crippen LogP contribution is -1.99. The summed E-state index contributed by atoms with van der Waals surface area (Å²) in [7, 11) is 2.69. The summed E-state index contributed by atoms with van der Waals surface area (Å²) in [6, 6.07) is 1.22. The first-order valence-electron chi connectivity index (χ1n) is 1.97. The van der Waals surface area contributed by atoms with E-state index in [2.05, 4.69) is 22.9 Å². The van der Waals surface area contributed by atoms with Crippen molar-refractivity contribution < 1.29 is 0 Å². The van der Waals surface area contributed by atoms with Gasteiger partial charge in [-0.15, -0.1) is 9.24 Å². The Morgan fingerprint density at radius 1 is 1.60 bits per heavy atom. The van der Waals surface area contributed by atoms with Crippen LogP contribution in [0.5, 0.6) is 0 Å². The second-order valence-corrected chi connectivity index (χ2v) is 2.10. The van der Waals surface area contributed by atoms with Gasteiger partial charge in [0.15, 0.2) is 0 Å². The maximum absolute atomic E-state index is 2.69. The molecule has 0 aromatic heterocycles. The van der Waals surface area contributed by atoms with Crippen molar-refractivity contribution in [2.75, 3.05) is 6.06 Å². The van der Waals surface area contributed by atoms with Gasteiger partial charge in [0.25, 0.3) is 0 Å². The lowest BCUT2D eigenvalue weighted by atomic mass is 9.57. The SMILES string of the molecule is CB(C)CP. The van der Waals surface area contributed by atoms with Crippen LogP contribution in [0.4, 0.5) is 0 Å². The fourth-order valence-corrected chi connectivity index (χ4v) is 0. The topological polar surface area (TPSA) is 0 Å². The van der Waals surface area contributed by atoms with Gasteiger partial charge in [-0.25, -0.2) is 0 Å². The molecule has 0 aliphatic heterocycles. The highest BCUT2D eigenvalue weighted by Crippen LogP contribution is 1.84. The standard InChI is InChI=1S/C3H10BP/c1-4(2)3-5/h3,5H2,1-2H3. The van der Waals surface area contributed by atoms with Crippen molar-refractivity contribution in [3.05, 3.63) is 0 Å². The van der Waals surface area contributed by atoms with Crippen LogP contribution in [-0.2, 0) is 0 Å². The second kappa shape index (κ2) is 2.72. The van der Waals surface area contributed by atoms with E-state index in [1.54, 1.807) is 0 Å². The highest BCUT2D eigenvalue weighted by Gasteiger charge is 1.87. The maximum Gasteiger partial charge on any atom is 0.137 e. The molecule has 0 fully saturated rings. The van der Waals surface area contributed by atoms with Crippen molar-refractivity contribution in [2.45, 2.75) is 13.6 Å². The predicted molar refractivity (Wildman–Crippen MR) is 32.1 cm³/mol. The fourth-order valence-electron chi connectivity index (χ4n) is 0. The molecule has 0 bridgehead atoms. The van der Waals surface area contributed by atoms with Crippen molar-refractivity contribution in [2.24, 2.45) is 0 Å². The Labute approximate surface area is 36.6 Å². The minimum Gasteiger partial charge on any atom is -0.145 e. The van der Waals surface area contributed by atoms with Gasteiger partial charge < -0.3 is 0 Å². The summed E-state index contributed by atoms with van der Waals surface area (Å²) in [6.45, 7) is 5.25. The third kappa shape index (κ3) is 4.49. The summed E-state index contributed by atoms with van der Waals surface area (Å²) in [5.74, 6) is 0. The first-order valence-corrected chi connectivity index (χ1v) is 2.79. The molecule has 30 valence electrons. The summed E-state index contributed by atoms with van der Waals surface area (Å²) in [6.07, 6.45) is 0. The molecule has 0 radical (unpaired) electrons. The van der Waals surface area contributed by atoms with E-state index in [1.807, 2.05) is 0 Å². The third-order valence-corrected chi connectivity index (χ3v) is 1.41. The molecular weight excluding hydrogens is 77.8 g/mol. The summed E-state index contributed by atoms with van der Waals surface area (Å²) in [4.78, 5) is 0. The van der Waals surface area contributed by atoms with Gasteiger partial charge in [0.05, 0.1) is 0 Å². The first kappa shape index (κ1) is 5.49. The second-order valence-electron chi connectivity index (χ2n) is 1.63. The maximum atomic E-state index is 2.69. The average Bonchev–Trinajstić information content (AvgIpc) is 1.38. The van der Waals surface area contributed by atoms with E-state index in [9.17, 15) is 0 Å². The van der Waals surface area contributed by atoms with E-state index in [0.717, 1.165) is 6.71 Å². The van der Waals surface area contributed by atoms with Crippen LogP contribution in [0.15, 0.2) is 0 Å². The molecule has 0 amide bonds. The molecule has 0 heterocycles. The molecule has 1 unspecified atom stereocenters. The lowest BCUT2D eigenvalue weighted by molar-refractivity contribution is 1.87. The van der Waals surface area contributed by atoms with Crippen molar-refractivity contribution in [1.82, 2.24) is 0 Å². The fraction of sp³-hybridized carbons (Fsp3) is 1.00. The van der Waals surface area contributed by atoms with Crippen LogP contribution < -0.4 is 0 Å². The van der Waals surface area contributed by atoms with E-state index in [0.29, 0.717) is 0 Å². The normalized spacial score (nSPS) is 7.80. The molecule has 0 rings (SSSR count). The van der Waals surface area contributed by atoms with E-state index >= 15 is 0 Å². The Kier molecular flexibility index (Phi) is 2.99. The van der Waals surface area contributed by atoms with Gasteiger partial charge >= 0.3 is 0 Å². The zero-order valence-corrected chi connectivity index (χ0v) is 5.02. The summed E-state index contributed by atoms with van der Waals surface area (Å²) < 4.78 is 0. The van der Waals surface area contributed by atoms with E-state index < -0.39 is 0 Å². The van der Waals surface area contributed by atoms with Gasteiger partial charge in [0, 0.05) is 0 Å². The average molecular weight is 87.9 g/mol. The van der Waals surface area contributed by atoms with Crippen LogP contribution in [0.25, 0.3) is 0 Å². The highest BCUT2D eigenvalue weighted by molar-refractivity contribution is 7.21. The molecule has 0 aliphatic carbocycles. The molecule has 0 nitrogen and oxygen atoms in total. The molecule has 0 aromatic carbocycles. The molecule has 1 atom stereocenters. The Morgan fingerprint density at radius 3 is 1.80 bits per heavy atom. The van der Waals surface area contributed by atoms with Crippen LogP contribution in [0.2, 0.25) is 13.6 Å². The molecule has 2 heteroatoms. The molecule has 0 saturated heterocycles. The summed E-state index contributed by atoms with van der Waals surface area (Å²) >= 11 is 0. The Hall–Kier alpha value is 0.495. The summed E-state index contributed by atoms with van der Waals surface area (Å²) in [5.41, 5.74) is 0. The van der Waals surface area contributed by atoms with Gasteiger partial charge in [-0.3, -0.25) is 0 Å². The largest absolute Gasteiger partial charge is 0.145 e. The number of hydrogen-bond acceptors (Lipinski definition) is 0.